The zero-order valence-corrected chi connectivity index (χ0v) is 14.9. The van der Waals surface area contributed by atoms with Gasteiger partial charge in [-0.2, -0.15) is 0 Å². The van der Waals surface area contributed by atoms with Crippen molar-refractivity contribution in [3.05, 3.63) is 39.9 Å². The molecule has 0 N–H and O–H groups in total. The fourth-order valence-corrected chi connectivity index (χ4v) is 4.99. The molecule has 1 unspecified atom stereocenters. The highest BCUT2D eigenvalue weighted by molar-refractivity contribution is 8.14. The van der Waals surface area contributed by atoms with E-state index in [4.69, 9.17) is 9.47 Å². The topological polar surface area (TPSA) is 18.5 Å². The van der Waals surface area contributed by atoms with Crippen molar-refractivity contribution < 1.29 is 9.47 Å². The molecule has 0 radical (unpaired) electrons. The van der Waals surface area contributed by atoms with Gasteiger partial charge in [0.1, 0.15) is 17.2 Å². The molecule has 0 aliphatic carbocycles. The van der Waals surface area contributed by atoms with E-state index in [1.807, 2.05) is 6.07 Å². The Labute approximate surface area is 135 Å². The summed E-state index contributed by atoms with van der Waals surface area (Å²) in [4.78, 5) is 2.44. The van der Waals surface area contributed by atoms with Crippen LogP contribution in [0.15, 0.2) is 21.9 Å². The molecule has 0 bridgehead atoms. The molecule has 0 spiro atoms. The van der Waals surface area contributed by atoms with E-state index in [0.29, 0.717) is 0 Å². The fraction of sp³-hybridized carbons (Fsp3) is 0.316. The first-order chi connectivity index (χ1) is 10.4. The van der Waals surface area contributed by atoms with Crippen molar-refractivity contribution in [2.45, 2.75) is 44.4 Å². The minimum Gasteiger partial charge on any atom is -0.496 e. The van der Waals surface area contributed by atoms with Crippen LogP contribution < -0.4 is 9.47 Å². The maximum atomic E-state index is 6.23. The second-order valence-corrected chi connectivity index (χ2v) is 7.52. The number of fused-ring (bicyclic) bond motifs is 2. The number of hydrogen-bond acceptors (Lipinski definition) is 2. The highest BCUT2D eigenvalue weighted by Gasteiger charge is 2.26. The van der Waals surface area contributed by atoms with E-state index < -0.39 is 0 Å². The second-order valence-electron chi connectivity index (χ2n) is 5.92. The molecule has 2 nitrogen and oxygen atoms in total. The van der Waals surface area contributed by atoms with Gasteiger partial charge >= 0.3 is 0 Å². The Hall–Kier alpha value is -1.74. The van der Waals surface area contributed by atoms with Gasteiger partial charge in [-0.15, -0.1) is 10.5 Å². The standard InChI is InChI=1S/C19H22O2S/c1-10-8-16-18(13(4)11(10)2)22(7)19-14(5)12(3)15(20-6)9-17(19)21-16/h8-9H,7H2,1-6H3. The van der Waals surface area contributed by atoms with E-state index in [-0.39, 0.29) is 10.5 Å². The van der Waals surface area contributed by atoms with Crippen molar-refractivity contribution in [1.82, 2.24) is 0 Å². The van der Waals surface area contributed by atoms with Gasteiger partial charge < -0.3 is 9.47 Å². The Morgan fingerprint density at radius 1 is 0.864 bits per heavy atom. The van der Waals surface area contributed by atoms with Crippen LogP contribution in [0.3, 0.4) is 0 Å². The predicted molar refractivity (Wildman–Crippen MR) is 94.4 cm³/mol. The highest BCUT2D eigenvalue weighted by Crippen LogP contribution is 2.55. The van der Waals surface area contributed by atoms with Crippen molar-refractivity contribution in [1.29, 1.82) is 0 Å². The Morgan fingerprint density at radius 2 is 1.41 bits per heavy atom. The molecular formula is C19H22O2S. The summed E-state index contributed by atoms with van der Waals surface area (Å²) in [5.74, 6) is 7.17. The Morgan fingerprint density at radius 3 is 2.00 bits per heavy atom. The molecule has 2 aromatic carbocycles. The van der Waals surface area contributed by atoms with Crippen LogP contribution in [0.5, 0.6) is 17.2 Å². The molecule has 0 fully saturated rings. The van der Waals surface area contributed by atoms with Crippen molar-refractivity contribution in [2.75, 3.05) is 7.11 Å². The normalized spacial score (nSPS) is 15.8. The van der Waals surface area contributed by atoms with E-state index in [2.05, 4.69) is 46.6 Å². The highest BCUT2D eigenvalue weighted by atomic mass is 32.2. The van der Waals surface area contributed by atoms with Gasteiger partial charge in [0, 0.05) is 6.07 Å². The summed E-state index contributed by atoms with van der Waals surface area (Å²) in [5, 5.41) is 0. The average Bonchev–Trinajstić information content (AvgIpc) is 2.48. The van der Waals surface area contributed by atoms with E-state index in [9.17, 15) is 0 Å². The van der Waals surface area contributed by atoms with Crippen molar-refractivity contribution >= 4 is 16.4 Å². The lowest BCUT2D eigenvalue weighted by atomic mass is 10.0. The molecule has 1 heterocycles. The van der Waals surface area contributed by atoms with E-state index >= 15 is 0 Å². The largest absolute Gasteiger partial charge is 0.496 e. The van der Waals surface area contributed by atoms with E-state index in [1.54, 1.807) is 7.11 Å². The summed E-state index contributed by atoms with van der Waals surface area (Å²) in [6.07, 6.45) is 0. The zero-order chi connectivity index (χ0) is 16.2. The van der Waals surface area contributed by atoms with E-state index in [0.717, 1.165) is 22.8 Å². The number of methoxy groups -OCH3 is 1. The van der Waals surface area contributed by atoms with Crippen LogP contribution in [0.4, 0.5) is 0 Å². The molecule has 116 valence electrons. The van der Waals surface area contributed by atoms with Gasteiger partial charge in [-0.3, -0.25) is 0 Å². The molecule has 0 aromatic heterocycles. The monoisotopic (exact) mass is 314 g/mol. The molecule has 3 rings (SSSR count). The summed E-state index contributed by atoms with van der Waals surface area (Å²) < 4.78 is 11.7. The maximum Gasteiger partial charge on any atom is 0.144 e. The summed E-state index contributed by atoms with van der Waals surface area (Å²) >= 11 is 0. The quantitative estimate of drug-likeness (QED) is 0.555. The lowest BCUT2D eigenvalue weighted by Gasteiger charge is -2.28. The first kappa shape index (κ1) is 15.2. The lowest BCUT2D eigenvalue weighted by Crippen LogP contribution is -2.05. The molecule has 3 heteroatoms. The first-order valence-corrected chi connectivity index (χ1v) is 8.77. The van der Waals surface area contributed by atoms with E-state index in [1.165, 1.54) is 32.0 Å². The number of ether oxygens (including phenoxy) is 2. The zero-order valence-electron chi connectivity index (χ0n) is 14.1. The van der Waals surface area contributed by atoms with Gasteiger partial charge in [-0.05, 0) is 68.5 Å². The average molecular weight is 314 g/mol. The minimum atomic E-state index is -0.233. The van der Waals surface area contributed by atoms with Crippen LogP contribution in [-0.2, 0) is 0 Å². The van der Waals surface area contributed by atoms with Crippen molar-refractivity contribution in [3.63, 3.8) is 0 Å². The summed E-state index contributed by atoms with van der Waals surface area (Å²) in [5.41, 5.74) is 6.26. The fourth-order valence-electron chi connectivity index (χ4n) is 3.05. The summed E-state index contributed by atoms with van der Waals surface area (Å²) in [7, 11) is 1.47. The van der Waals surface area contributed by atoms with Crippen LogP contribution in [0.2, 0.25) is 0 Å². The van der Waals surface area contributed by atoms with Gasteiger partial charge in [-0.25, -0.2) is 0 Å². The minimum absolute atomic E-state index is 0.233. The molecule has 1 aliphatic rings. The van der Waals surface area contributed by atoms with Gasteiger partial charge in [0.25, 0.3) is 0 Å². The van der Waals surface area contributed by atoms with Crippen LogP contribution in [0.25, 0.3) is 0 Å². The molecule has 1 aliphatic heterocycles. The summed E-state index contributed by atoms with van der Waals surface area (Å²) in [6, 6.07) is 4.13. The third kappa shape index (κ3) is 1.99. The van der Waals surface area contributed by atoms with Crippen molar-refractivity contribution in [3.8, 4) is 17.2 Å². The maximum absolute atomic E-state index is 6.23. The molecule has 0 saturated heterocycles. The lowest BCUT2D eigenvalue weighted by molar-refractivity contribution is 0.400. The van der Waals surface area contributed by atoms with Gasteiger partial charge in [0.15, 0.2) is 0 Å². The number of benzene rings is 2. The van der Waals surface area contributed by atoms with Crippen LogP contribution in [0, 0.1) is 34.6 Å². The number of rotatable bonds is 1. The third-order valence-corrected chi connectivity index (χ3v) is 6.76. The molecular weight excluding hydrogens is 292 g/mol. The number of hydrogen-bond donors (Lipinski definition) is 0. The number of aryl methyl sites for hydroxylation is 1. The summed E-state index contributed by atoms with van der Waals surface area (Å²) in [6.45, 7) is 10.7. The molecule has 1 atom stereocenters. The van der Waals surface area contributed by atoms with Crippen molar-refractivity contribution in [2.24, 2.45) is 0 Å². The third-order valence-electron chi connectivity index (χ3n) is 4.76. The second kappa shape index (κ2) is 5.17. The SMILES string of the molecule is C=S1c2c(cc(C)c(C)c2C)Oc2cc(OC)c(C)c(C)c21. The van der Waals surface area contributed by atoms with Crippen LogP contribution in [-0.4, -0.2) is 13.0 Å². The first-order valence-electron chi connectivity index (χ1n) is 7.37. The molecule has 0 amide bonds. The predicted octanol–water partition coefficient (Wildman–Crippen LogP) is 5.46. The Bertz CT molecular complexity index is 819. The van der Waals surface area contributed by atoms with Crippen LogP contribution in [0.1, 0.15) is 27.8 Å². The van der Waals surface area contributed by atoms with Gasteiger partial charge in [-0.1, -0.05) is 5.87 Å². The molecule has 2 aromatic rings. The molecule has 22 heavy (non-hydrogen) atoms. The molecule has 0 saturated carbocycles. The Kier molecular flexibility index (Phi) is 3.56. The smallest absolute Gasteiger partial charge is 0.144 e. The van der Waals surface area contributed by atoms with Gasteiger partial charge in [0.05, 0.1) is 16.9 Å². The Balaban J connectivity index is 2.31. The van der Waals surface area contributed by atoms with Gasteiger partial charge in [0.2, 0.25) is 0 Å². The van der Waals surface area contributed by atoms with Crippen LogP contribution >= 0.6 is 10.5 Å².